The number of hydrogen-bond donors (Lipinski definition) is 2. The molecule has 2 atom stereocenters. The summed E-state index contributed by atoms with van der Waals surface area (Å²) in [6, 6.07) is 0.0415. The van der Waals surface area contributed by atoms with Crippen molar-refractivity contribution in [2.75, 3.05) is 13.1 Å². The molecule has 2 saturated heterocycles. The van der Waals surface area contributed by atoms with Crippen molar-refractivity contribution in [3.05, 3.63) is 33.3 Å². The van der Waals surface area contributed by atoms with Gasteiger partial charge in [-0.3, -0.25) is 19.0 Å². The summed E-state index contributed by atoms with van der Waals surface area (Å²) in [5, 5.41) is 18.1. The summed E-state index contributed by atoms with van der Waals surface area (Å²) in [6.45, 7) is 7.17. The van der Waals surface area contributed by atoms with Crippen LogP contribution < -0.4 is 10.9 Å². The minimum atomic E-state index is -0.591. The first kappa shape index (κ1) is 22.6. The molecule has 2 amide bonds. The third-order valence-corrected chi connectivity index (χ3v) is 6.66. The maximum atomic E-state index is 13.4. The molecule has 2 unspecified atom stereocenters. The molecule has 34 heavy (non-hydrogen) atoms. The normalized spacial score (nSPS) is 22.3. The lowest BCUT2D eigenvalue weighted by molar-refractivity contribution is -0.134. The van der Waals surface area contributed by atoms with Crippen molar-refractivity contribution in [1.29, 1.82) is 0 Å². The number of likely N-dealkylation sites (tertiary alicyclic amines) is 1. The van der Waals surface area contributed by atoms with Gasteiger partial charge in [0.05, 0.1) is 17.9 Å². The van der Waals surface area contributed by atoms with Crippen LogP contribution in [0, 0.1) is 12.8 Å². The van der Waals surface area contributed by atoms with Crippen molar-refractivity contribution in [2.24, 2.45) is 5.92 Å². The van der Waals surface area contributed by atoms with Crippen LogP contribution in [0.4, 0.5) is 0 Å². The molecule has 2 aromatic rings. The third-order valence-electron chi connectivity index (χ3n) is 6.66. The van der Waals surface area contributed by atoms with Gasteiger partial charge in [-0.25, -0.2) is 0 Å². The van der Waals surface area contributed by atoms with Gasteiger partial charge in [0.15, 0.2) is 5.56 Å². The van der Waals surface area contributed by atoms with E-state index in [2.05, 4.69) is 10.4 Å². The highest BCUT2D eigenvalue weighted by atomic mass is 16.5. The topological polar surface area (TPSA) is 118 Å². The lowest BCUT2D eigenvalue weighted by Crippen LogP contribution is -2.45. The molecule has 5 rings (SSSR count). The number of carbonyl (C=O) groups is 2. The number of aryl methyl sites for hydroxylation is 1. The van der Waals surface area contributed by atoms with Crippen LogP contribution in [0.1, 0.15) is 61.1 Å². The molecule has 3 aliphatic rings. The fourth-order valence-electron chi connectivity index (χ4n) is 4.84. The quantitative estimate of drug-likeness (QED) is 0.619. The molecule has 0 radical (unpaired) electrons. The number of aromatic nitrogens is 3. The molecule has 182 valence electrons. The molecule has 10 nitrogen and oxygen atoms in total. The summed E-state index contributed by atoms with van der Waals surface area (Å²) in [7, 11) is 0. The Bertz CT molecular complexity index is 1230. The summed E-state index contributed by atoms with van der Waals surface area (Å²) in [4.78, 5) is 40.8. The second kappa shape index (κ2) is 8.57. The number of morpholine rings is 1. The van der Waals surface area contributed by atoms with Gasteiger partial charge in [-0.1, -0.05) is 13.8 Å². The molecule has 4 heterocycles. The van der Waals surface area contributed by atoms with E-state index < -0.39 is 17.3 Å². The number of rotatable bonds is 6. The molecule has 1 saturated carbocycles. The summed E-state index contributed by atoms with van der Waals surface area (Å²) in [5.74, 6) is -1.10. The van der Waals surface area contributed by atoms with Gasteiger partial charge < -0.3 is 20.1 Å². The van der Waals surface area contributed by atoms with Gasteiger partial charge in [0.25, 0.3) is 11.5 Å². The lowest BCUT2D eigenvalue weighted by Gasteiger charge is -2.31. The lowest BCUT2D eigenvalue weighted by atomic mass is 10.1. The Balaban J connectivity index is 1.55. The van der Waals surface area contributed by atoms with E-state index in [9.17, 15) is 19.5 Å². The Morgan fingerprint density at radius 3 is 2.50 bits per heavy atom. The molecule has 2 bridgehead atoms. The number of aromatic hydroxyl groups is 1. The predicted molar refractivity (Wildman–Crippen MR) is 125 cm³/mol. The maximum absolute atomic E-state index is 13.4. The third kappa shape index (κ3) is 4.11. The van der Waals surface area contributed by atoms with E-state index in [1.807, 2.05) is 13.8 Å². The van der Waals surface area contributed by atoms with Crippen molar-refractivity contribution < 1.29 is 19.4 Å². The van der Waals surface area contributed by atoms with Crippen LogP contribution >= 0.6 is 0 Å². The average molecular weight is 470 g/mol. The van der Waals surface area contributed by atoms with E-state index in [-0.39, 0.29) is 35.6 Å². The first-order chi connectivity index (χ1) is 16.2. The standard InChI is InChI=1S/C24H31N5O5/c1-13(2)10-28-22-18(8-9-19(30)27-11-16-6-7-17(12-27)34-16)14(3)26-29(22)24(33)20(23(28)32)21(31)25-15-4-5-15/h8-9,13,15-17,33H,4-7,10-12H2,1-3H3,(H,25,31). The Morgan fingerprint density at radius 2 is 1.88 bits per heavy atom. The fraction of sp³-hybridized carbons (Fsp3) is 0.583. The van der Waals surface area contributed by atoms with Crippen LogP contribution in [0.15, 0.2) is 10.9 Å². The molecule has 2 aliphatic heterocycles. The van der Waals surface area contributed by atoms with Crippen LogP contribution in [0.3, 0.4) is 0 Å². The highest BCUT2D eigenvalue weighted by Gasteiger charge is 2.35. The number of nitrogens with one attached hydrogen (secondary N) is 1. The van der Waals surface area contributed by atoms with Crippen molar-refractivity contribution in [3.8, 4) is 5.88 Å². The first-order valence-corrected chi connectivity index (χ1v) is 12.0. The van der Waals surface area contributed by atoms with E-state index in [0.29, 0.717) is 36.5 Å². The predicted octanol–water partition coefficient (Wildman–Crippen LogP) is 1.46. The van der Waals surface area contributed by atoms with Crippen LogP contribution in [0.2, 0.25) is 0 Å². The Kier molecular flexibility index (Phi) is 5.71. The Hall–Kier alpha value is -3.14. The summed E-state index contributed by atoms with van der Waals surface area (Å²) < 4.78 is 8.53. The molecular weight excluding hydrogens is 438 g/mol. The van der Waals surface area contributed by atoms with Gasteiger partial charge in [-0.15, -0.1) is 0 Å². The summed E-state index contributed by atoms with van der Waals surface area (Å²) >= 11 is 0. The number of fused-ring (bicyclic) bond motifs is 3. The zero-order chi connectivity index (χ0) is 24.1. The molecule has 0 spiro atoms. The summed E-state index contributed by atoms with van der Waals surface area (Å²) in [5.41, 5.74) is 0.591. The van der Waals surface area contributed by atoms with Crippen LogP contribution in [-0.2, 0) is 16.1 Å². The van der Waals surface area contributed by atoms with Gasteiger partial charge in [0, 0.05) is 37.3 Å². The molecule has 2 N–H and O–H groups in total. The number of ether oxygens (including phenoxy) is 1. The number of hydrogen-bond acceptors (Lipinski definition) is 6. The van der Waals surface area contributed by atoms with Crippen molar-refractivity contribution in [3.63, 3.8) is 0 Å². The highest BCUT2D eigenvalue weighted by Crippen LogP contribution is 2.28. The Labute approximate surface area is 197 Å². The van der Waals surface area contributed by atoms with Gasteiger partial charge in [-0.2, -0.15) is 9.61 Å². The monoisotopic (exact) mass is 469 g/mol. The number of carbonyl (C=O) groups excluding carboxylic acids is 2. The SMILES string of the molecule is Cc1nn2c(O)c(C(=O)NC3CC3)c(=O)n(CC(C)C)c2c1C=CC(=O)N1CC2CCC(C1)O2. The average Bonchev–Trinajstić information content (AvgIpc) is 3.44. The van der Waals surface area contributed by atoms with Gasteiger partial charge in [0.2, 0.25) is 11.8 Å². The van der Waals surface area contributed by atoms with E-state index in [0.717, 1.165) is 25.7 Å². The number of nitrogens with zero attached hydrogens (tertiary/aromatic N) is 4. The zero-order valence-electron chi connectivity index (χ0n) is 19.8. The maximum Gasteiger partial charge on any atom is 0.270 e. The molecule has 1 aliphatic carbocycles. The van der Waals surface area contributed by atoms with Crippen molar-refractivity contribution >= 4 is 23.5 Å². The van der Waals surface area contributed by atoms with Crippen molar-refractivity contribution in [1.82, 2.24) is 24.4 Å². The molecule has 3 fully saturated rings. The second-order valence-corrected chi connectivity index (χ2v) is 10.0. The minimum absolute atomic E-state index is 0.0415. The first-order valence-electron chi connectivity index (χ1n) is 12.0. The second-order valence-electron chi connectivity index (χ2n) is 10.0. The van der Waals surface area contributed by atoms with E-state index in [1.54, 1.807) is 17.9 Å². The molecule has 0 aromatic carbocycles. The van der Waals surface area contributed by atoms with Crippen LogP contribution in [0.5, 0.6) is 5.88 Å². The van der Waals surface area contributed by atoms with Gasteiger partial charge in [-0.05, 0) is 44.6 Å². The molecule has 10 heteroatoms. The van der Waals surface area contributed by atoms with Gasteiger partial charge in [0.1, 0.15) is 5.65 Å². The zero-order valence-corrected chi connectivity index (χ0v) is 19.8. The van der Waals surface area contributed by atoms with E-state index in [4.69, 9.17) is 4.74 Å². The van der Waals surface area contributed by atoms with Crippen LogP contribution in [-0.4, -0.2) is 67.3 Å². The van der Waals surface area contributed by atoms with Crippen molar-refractivity contribution in [2.45, 2.75) is 71.2 Å². The summed E-state index contributed by atoms with van der Waals surface area (Å²) in [6.07, 6.45) is 7.02. The molecular formula is C24H31N5O5. The molecule has 2 aromatic heterocycles. The van der Waals surface area contributed by atoms with E-state index in [1.165, 1.54) is 15.2 Å². The highest BCUT2D eigenvalue weighted by molar-refractivity contribution is 5.97. The fourth-order valence-corrected chi connectivity index (χ4v) is 4.84. The number of amides is 2. The van der Waals surface area contributed by atoms with Gasteiger partial charge >= 0.3 is 0 Å². The smallest absolute Gasteiger partial charge is 0.270 e. The largest absolute Gasteiger partial charge is 0.492 e. The minimum Gasteiger partial charge on any atom is -0.492 e. The Morgan fingerprint density at radius 1 is 1.21 bits per heavy atom. The van der Waals surface area contributed by atoms with Crippen LogP contribution in [0.25, 0.3) is 11.7 Å². The van der Waals surface area contributed by atoms with E-state index >= 15 is 0 Å².